The molecule has 0 radical (unpaired) electrons. The fourth-order valence-electron chi connectivity index (χ4n) is 2.09. The number of aromatic nitrogens is 2. The largest absolute Gasteiger partial charge is 0.329 e. The lowest BCUT2D eigenvalue weighted by molar-refractivity contribution is 0.0951. The van der Waals surface area contributed by atoms with Crippen molar-refractivity contribution in [2.24, 2.45) is 5.73 Å². The van der Waals surface area contributed by atoms with Crippen molar-refractivity contribution in [3.05, 3.63) is 52.3 Å². The molecule has 5 heteroatoms. The number of nitrogens with two attached hydrogens (primary N) is 1. The molecule has 2 aromatic rings. The highest BCUT2D eigenvalue weighted by atomic mass is 79.9. The molecular weight excluding hydrogens is 306 g/mol. The van der Waals surface area contributed by atoms with Gasteiger partial charge in [0.2, 0.25) is 0 Å². The van der Waals surface area contributed by atoms with E-state index in [2.05, 4.69) is 21.0 Å². The van der Waals surface area contributed by atoms with Gasteiger partial charge < -0.3 is 5.73 Å². The van der Waals surface area contributed by atoms with Gasteiger partial charge in [-0.05, 0) is 28.4 Å². The number of carbonyl (C=O) groups is 1. The van der Waals surface area contributed by atoms with Crippen LogP contribution in [-0.2, 0) is 6.54 Å². The number of halogens is 1. The summed E-state index contributed by atoms with van der Waals surface area (Å²) in [5, 5.41) is 4.17. The molecule has 0 aliphatic heterocycles. The van der Waals surface area contributed by atoms with Crippen LogP contribution in [0.15, 0.2) is 41.0 Å². The van der Waals surface area contributed by atoms with Crippen LogP contribution in [0.4, 0.5) is 0 Å². The summed E-state index contributed by atoms with van der Waals surface area (Å²) in [4.78, 5) is 12.7. The van der Waals surface area contributed by atoms with E-state index in [9.17, 15) is 4.79 Å². The molecule has 1 unspecified atom stereocenters. The first kappa shape index (κ1) is 14.0. The molecule has 0 saturated carbocycles. The zero-order valence-corrected chi connectivity index (χ0v) is 12.3. The maximum absolute atomic E-state index is 12.7. The van der Waals surface area contributed by atoms with Gasteiger partial charge in [0.15, 0.2) is 5.78 Å². The maximum Gasteiger partial charge on any atom is 0.190 e. The molecule has 1 atom stereocenters. The average molecular weight is 322 g/mol. The number of aryl methyl sites for hydroxylation is 1. The molecule has 19 heavy (non-hydrogen) atoms. The molecule has 0 aliphatic rings. The van der Waals surface area contributed by atoms with Gasteiger partial charge >= 0.3 is 0 Å². The van der Waals surface area contributed by atoms with Crippen molar-refractivity contribution in [1.29, 1.82) is 0 Å². The second-order valence-electron chi connectivity index (χ2n) is 4.22. The quantitative estimate of drug-likeness (QED) is 0.861. The van der Waals surface area contributed by atoms with E-state index in [4.69, 9.17) is 5.73 Å². The topological polar surface area (TPSA) is 60.9 Å². The van der Waals surface area contributed by atoms with Crippen LogP contribution in [0.5, 0.6) is 0 Å². The summed E-state index contributed by atoms with van der Waals surface area (Å²) < 4.78 is 2.41. The predicted molar refractivity (Wildman–Crippen MR) is 78.2 cm³/mol. The molecule has 0 aliphatic carbocycles. The highest BCUT2D eigenvalue weighted by Crippen LogP contribution is 2.25. The summed E-state index contributed by atoms with van der Waals surface area (Å²) in [5.41, 5.74) is 7.31. The van der Waals surface area contributed by atoms with Crippen LogP contribution in [0.1, 0.15) is 28.9 Å². The van der Waals surface area contributed by atoms with Gasteiger partial charge in [-0.25, -0.2) is 0 Å². The van der Waals surface area contributed by atoms with Gasteiger partial charge in [-0.15, -0.1) is 0 Å². The monoisotopic (exact) mass is 321 g/mol. The molecule has 0 saturated heterocycles. The average Bonchev–Trinajstić information content (AvgIpc) is 2.81. The Labute approximate surface area is 120 Å². The van der Waals surface area contributed by atoms with Gasteiger partial charge in [0.25, 0.3) is 0 Å². The minimum atomic E-state index is -0.334. The second kappa shape index (κ2) is 6.12. The third-order valence-corrected chi connectivity index (χ3v) is 3.66. The SMILES string of the molecule is CCn1ncc(Br)c1C(=O)C(CN)c1ccccc1. The number of nitrogens with zero attached hydrogens (tertiary/aromatic N) is 2. The fourth-order valence-corrected chi connectivity index (χ4v) is 2.58. The number of carbonyl (C=O) groups excluding carboxylic acids is 1. The van der Waals surface area contributed by atoms with Crippen molar-refractivity contribution in [2.75, 3.05) is 6.54 Å². The van der Waals surface area contributed by atoms with Crippen molar-refractivity contribution < 1.29 is 4.79 Å². The van der Waals surface area contributed by atoms with Gasteiger partial charge in [-0.2, -0.15) is 5.10 Å². The first-order chi connectivity index (χ1) is 9.19. The number of ketones is 1. The maximum atomic E-state index is 12.7. The standard InChI is InChI=1S/C14H16BrN3O/c1-2-18-13(12(15)9-17-18)14(19)11(8-16)10-6-4-3-5-7-10/h3-7,9,11H,2,8,16H2,1H3. The number of Topliss-reactive ketones (excluding diaryl/α,β-unsaturated/α-hetero) is 1. The minimum absolute atomic E-state index is 0.0000694. The molecule has 2 rings (SSSR count). The zero-order valence-electron chi connectivity index (χ0n) is 10.7. The number of hydrogen-bond donors (Lipinski definition) is 1. The summed E-state index contributed by atoms with van der Waals surface area (Å²) in [6.45, 7) is 2.89. The molecule has 2 N–H and O–H groups in total. The van der Waals surface area contributed by atoms with Crippen LogP contribution in [0.3, 0.4) is 0 Å². The lowest BCUT2D eigenvalue weighted by Crippen LogP contribution is -2.24. The third-order valence-electron chi connectivity index (χ3n) is 3.08. The van der Waals surface area contributed by atoms with E-state index in [1.165, 1.54) is 0 Å². The molecule has 0 spiro atoms. The summed E-state index contributed by atoms with van der Waals surface area (Å²) in [7, 11) is 0. The van der Waals surface area contributed by atoms with Crippen LogP contribution >= 0.6 is 15.9 Å². The molecular formula is C14H16BrN3O. The van der Waals surface area contributed by atoms with E-state index in [1.54, 1.807) is 10.9 Å². The summed E-state index contributed by atoms with van der Waals surface area (Å²) in [6.07, 6.45) is 1.65. The van der Waals surface area contributed by atoms with Crippen LogP contribution in [-0.4, -0.2) is 22.1 Å². The molecule has 0 fully saturated rings. The fraction of sp³-hybridized carbons (Fsp3) is 0.286. The Hall–Kier alpha value is -1.46. The number of rotatable bonds is 5. The minimum Gasteiger partial charge on any atom is -0.329 e. The van der Waals surface area contributed by atoms with Crippen molar-refractivity contribution in [2.45, 2.75) is 19.4 Å². The zero-order chi connectivity index (χ0) is 13.8. The van der Waals surface area contributed by atoms with E-state index in [1.807, 2.05) is 37.3 Å². The van der Waals surface area contributed by atoms with Crippen molar-refractivity contribution >= 4 is 21.7 Å². The third kappa shape index (κ3) is 2.77. The summed E-state index contributed by atoms with van der Waals surface area (Å²) >= 11 is 3.38. The van der Waals surface area contributed by atoms with Gasteiger partial charge in [-0.3, -0.25) is 9.48 Å². The molecule has 0 amide bonds. The smallest absolute Gasteiger partial charge is 0.190 e. The van der Waals surface area contributed by atoms with Crippen LogP contribution < -0.4 is 5.73 Å². The predicted octanol–water partition coefficient (Wildman–Crippen LogP) is 2.59. The van der Waals surface area contributed by atoms with E-state index in [0.717, 1.165) is 5.56 Å². The summed E-state index contributed by atoms with van der Waals surface area (Å²) in [6, 6.07) is 9.61. The van der Waals surface area contributed by atoms with Crippen molar-refractivity contribution in [3.63, 3.8) is 0 Å². The number of hydrogen-bond acceptors (Lipinski definition) is 3. The Bertz CT molecular complexity index is 565. The Morgan fingerprint density at radius 1 is 1.42 bits per heavy atom. The van der Waals surface area contributed by atoms with E-state index in [-0.39, 0.29) is 18.2 Å². The van der Waals surface area contributed by atoms with E-state index in [0.29, 0.717) is 16.7 Å². The molecule has 100 valence electrons. The Morgan fingerprint density at radius 3 is 2.68 bits per heavy atom. The Morgan fingerprint density at radius 2 is 2.11 bits per heavy atom. The molecule has 1 aromatic carbocycles. The van der Waals surface area contributed by atoms with Crippen LogP contribution in [0, 0.1) is 0 Å². The van der Waals surface area contributed by atoms with Gasteiger partial charge in [0, 0.05) is 13.1 Å². The highest BCUT2D eigenvalue weighted by molar-refractivity contribution is 9.10. The lowest BCUT2D eigenvalue weighted by atomic mass is 9.93. The first-order valence-electron chi connectivity index (χ1n) is 6.19. The Balaban J connectivity index is 2.39. The van der Waals surface area contributed by atoms with E-state index < -0.39 is 0 Å². The van der Waals surface area contributed by atoms with Crippen molar-refractivity contribution in [1.82, 2.24) is 9.78 Å². The van der Waals surface area contributed by atoms with Gasteiger partial charge in [0.1, 0.15) is 5.69 Å². The van der Waals surface area contributed by atoms with Gasteiger partial charge in [-0.1, -0.05) is 30.3 Å². The van der Waals surface area contributed by atoms with E-state index >= 15 is 0 Å². The lowest BCUT2D eigenvalue weighted by Gasteiger charge is -2.15. The molecule has 1 heterocycles. The number of benzene rings is 1. The molecule has 0 bridgehead atoms. The normalized spacial score (nSPS) is 12.4. The van der Waals surface area contributed by atoms with Crippen LogP contribution in [0.2, 0.25) is 0 Å². The summed E-state index contributed by atoms with van der Waals surface area (Å²) in [5.74, 6) is -0.334. The molecule has 1 aromatic heterocycles. The van der Waals surface area contributed by atoms with Crippen LogP contribution in [0.25, 0.3) is 0 Å². The highest BCUT2D eigenvalue weighted by Gasteiger charge is 2.25. The second-order valence-corrected chi connectivity index (χ2v) is 5.07. The Kier molecular flexibility index (Phi) is 4.50. The molecule has 4 nitrogen and oxygen atoms in total. The van der Waals surface area contributed by atoms with Gasteiger partial charge in [0.05, 0.1) is 16.6 Å². The van der Waals surface area contributed by atoms with Crippen molar-refractivity contribution in [3.8, 4) is 0 Å². The first-order valence-corrected chi connectivity index (χ1v) is 6.98.